The van der Waals surface area contributed by atoms with Gasteiger partial charge < -0.3 is 15.0 Å². The zero-order chi connectivity index (χ0) is 21.1. The SMILES string of the molecule is CCOCCCNC(=O)[C@@H](Cc1ccccc1)N(Cc1ccc(F)cc1)C(C)=O. The number of ether oxygens (including phenoxy) is 1. The number of carbonyl (C=O) groups is 2. The summed E-state index contributed by atoms with van der Waals surface area (Å²) in [6.45, 7) is 5.30. The van der Waals surface area contributed by atoms with Crippen LogP contribution in [-0.2, 0) is 27.3 Å². The fourth-order valence-corrected chi connectivity index (χ4v) is 3.06. The van der Waals surface area contributed by atoms with Crippen molar-refractivity contribution < 1.29 is 18.7 Å². The van der Waals surface area contributed by atoms with E-state index in [-0.39, 0.29) is 24.2 Å². The van der Waals surface area contributed by atoms with E-state index in [0.29, 0.717) is 32.6 Å². The number of hydrogen-bond acceptors (Lipinski definition) is 3. The van der Waals surface area contributed by atoms with Crippen molar-refractivity contribution in [3.05, 3.63) is 71.5 Å². The molecular weight excluding hydrogens is 371 g/mol. The molecule has 2 amide bonds. The van der Waals surface area contributed by atoms with E-state index in [1.807, 2.05) is 37.3 Å². The fraction of sp³-hybridized carbons (Fsp3) is 0.391. The van der Waals surface area contributed by atoms with Crippen LogP contribution >= 0.6 is 0 Å². The van der Waals surface area contributed by atoms with Crippen LogP contribution in [0.25, 0.3) is 0 Å². The van der Waals surface area contributed by atoms with E-state index in [1.54, 1.807) is 12.1 Å². The molecule has 0 fully saturated rings. The zero-order valence-corrected chi connectivity index (χ0v) is 17.1. The zero-order valence-electron chi connectivity index (χ0n) is 17.1. The molecule has 2 rings (SSSR count). The molecule has 1 N–H and O–H groups in total. The minimum Gasteiger partial charge on any atom is -0.382 e. The molecule has 0 aliphatic carbocycles. The lowest BCUT2D eigenvalue weighted by Crippen LogP contribution is -2.50. The van der Waals surface area contributed by atoms with E-state index < -0.39 is 6.04 Å². The topological polar surface area (TPSA) is 58.6 Å². The third kappa shape index (κ3) is 7.66. The van der Waals surface area contributed by atoms with Crippen molar-refractivity contribution in [2.24, 2.45) is 0 Å². The second-order valence-corrected chi connectivity index (χ2v) is 6.82. The number of nitrogens with zero attached hydrogens (tertiary/aromatic N) is 1. The molecule has 0 unspecified atom stereocenters. The molecule has 0 spiro atoms. The van der Waals surface area contributed by atoms with E-state index in [1.165, 1.54) is 24.0 Å². The van der Waals surface area contributed by atoms with Crippen LogP contribution in [0.15, 0.2) is 54.6 Å². The van der Waals surface area contributed by atoms with Crippen molar-refractivity contribution in [3.8, 4) is 0 Å². The summed E-state index contributed by atoms with van der Waals surface area (Å²) in [6.07, 6.45) is 1.11. The Balaban J connectivity index is 2.16. The Bertz CT molecular complexity index is 765. The van der Waals surface area contributed by atoms with Gasteiger partial charge in [-0.25, -0.2) is 4.39 Å². The summed E-state index contributed by atoms with van der Waals surface area (Å²) in [7, 11) is 0. The van der Waals surface area contributed by atoms with E-state index >= 15 is 0 Å². The highest BCUT2D eigenvalue weighted by atomic mass is 19.1. The van der Waals surface area contributed by atoms with E-state index in [9.17, 15) is 14.0 Å². The quantitative estimate of drug-likeness (QED) is 0.589. The second-order valence-electron chi connectivity index (χ2n) is 6.82. The van der Waals surface area contributed by atoms with Gasteiger partial charge in [-0.2, -0.15) is 0 Å². The van der Waals surface area contributed by atoms with Gasteiger partial charge in [0, 0.05) is 39.6 Å². The van der Waals surface area contributed by atoms with Crippen LogP contribution in [0.5, 0.6) is 0 Å². The van der Waals surface area contributed by atoms with Gasteiger partial charge in [0.1, 0.15) is 11.9 Å². The molecule has 2 aromatic carbocycles. The molecule has 1 atom stereocenters. The van der Waals surface area contributed by atoms with Crippen molar-refractivity contribution in [2.75, 3.05) is 19.8 Å². The first-order valence-corrected chi connectivity index (χ1v) is 9.92. The van der Waals surface area contributed by atoms with Gasteiger partial charge in [-0.15, -0.1) is 0 Å². The average molecular weight is 400 g/mol. The Morgan fingerprint density at radius 2 is 1.76 bits per heavy atom. The van der Waals surface area contributed by atoms with Crippen LogP contribution in [0.4, 0.5) is 4.39 Å². The summed E-state index contributed by atoms with van der Waals surface area (Å²) >= 11 is 0. The van der Waals surface area contributed by atoms with Crippen molar-refractivity contribution in [2.45, 2.75) is 39.3 Å². The molecule has 0 aromatic heterocycles. The Hall–Kier alpha value is -2.73. The van der Waals surface area contributed by atoms with Crippen LogP contribution in [0.2, 0.25) is 0 Å². The minimum atomic E-state index is -0.660. The highest BCUT2D eigenvalue weighted by Crippen LogP contribution is 2.15. The second kappa shape index (κ2) is 12.0. The number of rotatable bonds is 11. The van der Waals surface area contributed by atoms with Crippen LogP contribution < -0.4 is 5.32 Å². The molecule has 6 heteroatoms. The van der Waals surface area contributed by atoms with Gasteiger partial charge in [0.2, 0.25) is 11.8 Å². The lowest BCUT2D eigenvalue weighted by molar-refractivity contribution is -0.139. The summed E-state index contributed by atoms with van der Waals surface area (Å²) in [6, 6.07) is 14.9. The first-order chi connectivity index (χ1) is 14.0. The number of benzene rings is 2. The van der Waals surface area contributed by atoms with Crippen molar-refractivity contribution in [3.63, 3.8) is 0 Å². The van der Waals surface area contributed by atoms with Gasteiger partial charge in [-0.1, -0.05) is 42.5 Å². The maximum atomic E-state index is 13.2. The molecule has 0 saturated carbocycles. The Labute approximate surface area is 171 Å². The highest BCUT2D eigenvalue weighted by Gasteiger charge is 2.28. The Morgan fingerprint density at radius 1 is 1.07 bits per heavy atom. The lowest BCUT2D eigenvalue weighted by atomic mass is 10.0. The molecule has 0 aliphatic heterocycles. The van der Waals surface area contributed by atoms with Crippen LogP contribution in [0.1, 0.15) is 31.4 Å². The molecule has 29 heavy (non-hydrogen) atoms. The summed E-state index contributed by atoms with van der Waals surface area (Å²) in [5.74, 6) is -0.751. The van der Waals surface area contributed by atoms with Crippen LogP contribution in [-0.4, -0.2) is 42.5 Å². The number of nitrogens with one attached hydrogen (secondary N) is 1. The van der Waals surface area contributed by atoms with Gasteiger partial charge in [-0.3, -0.25) is 9.59 Å². The lowest BCUT2D eigenvalue weighted by Gasteiger charge is -2.30. The predicted molar refractivity (Wildman–Crippen MR) is 111 cm³/mol. The third-order valence-electron chi connectivity index (χ3n) is 4.59. The smallest absolute Gasteiger partial charge is 0.243 e. The van der Waals surface area contributed by atoms with Gasteiger partial charge in [-0.05, 0) is 36.6 Å². The molecule has 0 heterocycles. The van der Waals surface area contributed by atoms with Gasteiger partial charge in [0.15, 0.2) is 0 Å². The van der Waals surface area contributed by atoms with Gasteiger partial charge in [0.05, 0.1) is 0 Å². The predicted octanol–water partition coefficient (Wildman–Crippen LogP) is 3.33. The maximum Gasteiger partial charge on any atom is 0.243 e. The van der Waals surface area contributed by atoms with E-state index in [4.69, 9.17) is 4.74 Å². The summed E-state index contributed by atoms with van der Waals surface area (Å²) < 4.78 is 18.5. The maximum absolute atomic E-state index is 13.2. The number of carbonyl (C=O) groups excluding carboxylic acids is 2. The molecule has 0 bridgehead atoms. The molecular formula is C23H29FN2O3. The molecule has 0 radical (unpaired) electrons. The van der Waals surface area contributed by atoms with Crippen LogP contribution in [0.3, 0.4) is 0 Å². The molecule has 5 nitrogen and oxygen atoms in total. The molecule has 156 valence electrons. The standard InChI is InChI=1S/C23H29FN2O3/c1-3-29-15-7-14-25-23(28)22(16-19-8-5-4-6-9-19)26(18(2)27)17-20-10-12-21(24)13-11-20/h4-6,8-13,22H,3,7,14-17H2,1-2H3,(H,25,28)/t22-/m1/s1. The Morgan fingerprint density at radius 3 is 2.38 bits per heavy atom. The monoisotopic (exact) mass is 400 g/mol. The number of amides is 2. The largest absolute Gasteiger partial charge is 0.382 e. The molecule has 0 saturated heterocycles. The van der Waals surface area contributed by atoms with E-state index in [2.05, 4.69) is 5.32 Å². The number of hydrogen-bond donors (Lipinski definition) is 1. The summed E-state index contributed by atoms with van der Waals surface area (Å²) in [5.41, 5.74) is 1.73. The van der Waals surface area contributed by atoms with Crippen LogP contribution in [0, 0.1) is 5.82 Å². The molecule has 2 aromatic rings. The number of halogens is 1. The first kappa shape index (κ1) is 22.6. The summed E-state index contributed by atoms with van der Waals surface area (Å²) in [4.78, 5) is 26.9. The minimum absolute atomic E-state index is 0.206. The summed E-state index contributed by atoms with van der Waals surface area (Å²) in [5, 5.41) is 2.92. The Kier molecular flexibility index (Phi) is 9.31. The normalized spacial score (nSPS) is 11.7. The van der Waals surface area contributed by atoms with Gasteiger partial charge >= 0.3 is 0 Å². The van der Waals surface area contributed by atoms with Crippen molar-refractivity contribution >= 4 is 11.8 Å². The van der Waals surface area contributed by atoms with Gasteiger partial charge in [0.25, 0.3) is 0 Å². The third-order valence-corrected chi connectivity index (χ3v) is 4.59. The first-order valence-electron chi connectivity index (χ1n) is 9.92. The fourth-order valence-electron chi connectivity index (χ4n) is 3.06. The highest BCUT2D eigenvalue weighted by molar-refractivity contribution is 5.87. The van der Waals surface area contributed by atoms with Crippen molar-refractivity contribution in [1.29, 1.82) is 0 Å². The average Bonchev–Trinajstić information content (AvgIpc) is 2.72. The van der Waals surface area contributed by atoms with Crippen molar-refractivity contribution in [1.82, 2.24) is 10.2 Å². The molecule has 0 aliphatic rings. The van der Waals surface area contributed by atoms with E-state index in [0.717, 1.165) is 11.1 Å².